The Hall–Kier alpha value is -1.79. The van der Waals surface area contributed by atoms with Crippen molar-refractivity contribution in [2.75, 3.05) is 60.2 Å². The van der Waals surface area contributed by atoms with E-state index in [0.717, 1.165) is 39.3 Å². The number of nitrogens with zero attached hydrogens (tertiary/aromatic N) is 2. The molecule has 1 saturated heterocycles. The summed E-state index contributed by atoms with van der Waals surface area (Å²) in [6, 6.07) is 7.34. The van der Waals surface area contributed by atoms with Crippen LogP contribution >= 0.6 is 0 Å². The molecule has 1 heterocycles. The molecular weight excluding hydrogens is 284 g/mol. The van der Waals surface area contributed by atoms with E-state index in [1.165, 1.54) is 0 Å². The molecule has 0 saturated carbocycles. The summed E-state index contributed by atoms with van der Waals surface area (Å²) in [5.41, 5.74) is 0. The van der Waals surface area contributed by atoms with Gasteiger partial charge in [-0.1, -0.05) is 12.1 Å². The quantitative estimate of drug-likeness (QED) is 0.748. The van der Waals surface area contributed by atoms with Crippen molar-refractivity contribution in [2.24, 2.45) is 0 Å². The average Bonchev–Trinajstić information content (AvgIpc) is 2.58. The molecule has 0 aromatic heterocycles. The molecule has 0 bridgehead atoms. The molecule has 1 amide bonds. The molecule has 0 atom stereocenters. The number of carbonyl (C=O) groups is 1. The number of rotatable bonds is 7. The topological polar surface area (TPSA) is 51.2 Å². The van der Waals surface area contributed by atoms with Crippen LogP contribution in [0.15, 0.2) is 24.3 Å². The predicted molar refractivity (Wildman–Crippen MR) is 83.4 cm³/mol. The molecule has 6 nitrogen and oxygen atoms in total. The molecule has 1 aromatic carbocycles. The second-order valence-electron chi connectivity index (χ2n) is 5.15. The molecule has 1 aromatic rings. The zero-order valence-electron chi connectivity index (χ0n) is 13.3. The van der Waals surface area contributed by atoms with Crippen LogP contribution in [0.2, 0.25) is 0 Å². The minimum atomic E-state index is 0.0114. The maximum Gasteiger partial charge on any atom is 0.260 e. The number of piperazine rings is 1. The number of para-hydroxylation sites is 2. The Morgan fingerprint density at radius 2 is 1.77 bits per heavy atom. The molecule has 22 heavy (non-hydrogen) atoms. The lowest BCUT2D eigenvalue weighted by molar-refractivity contribution is -0.135. The summed E-state index contributed by atoms with van der Waals surface area (Å²) in [7, 11) is 3.29. The van der Waals surface area contributed by atoms with E-state index in [4.69, 9.17) is 14.2 Å². The predicted octanol–water partition coefficient (Wildman–Crippen LogP) is 0.865. The molecule has 1 aliphatic rings. The number of benzene rings is 1. The molecule has 122 valence electrons. The summed E-state index contributed by atoms with van der Waals surface area (Å²) in [5, 5.41) is 0. The highest BCUT2D eigenvalue weighted by Gasteiger charge is 2.21. The molecule has 1 aliphatic heterocycles. The Morgan fingerprint density at radius 1 is 1.09 bits per heavy atom. The van der Waals surface area contributed by atoms with Crippen LogP contribution in [0.3, 0.4) is 0 Å². The van der Waals surface area contributed by atoms with Gasteiger partial charge in [0.2, 0.25) is 0 Å². The van der Waals surface area contributed by atoms with Gasteiger partial charge in [0.1, 0.15) is 0 Å². The van der Waals surface area contributed by atoms with Crippen LogP contribution in [-0.2, 0) is 9.53 Å². The molecule has 0 radical (unpaired) electrons. The van der Waals surface area contributed by atoms with Gasteiger partial charge in [0, 0.05) is 39.8 Å². The summed E-state index contributed by atoms with van der Waals surface area (Å²) < 4.78 is 15.9. The van der Waals surface area contributed by atoms with Crippen LogP contribution in [-0.4, -0.2) is 75.9 Å². The summed E-state index contributed by atoms with van der Waals surface area (Å²) in [5.74, 6) is 1.24. The van der Waals surface area contributed by atoms with Gasteiger partial charge in [-0.05, 0) is 12.1 Å². The van der Waals surface area contributed by atoms with E-state index in [0.29, 0.717) is 11.5 Å². The lowest BCUT2D eigenvalue weighted by atomic mass is 10.3. The van der Waals surface area contributed by atoms with Gasteiger partial charge < -0.3 is 19.1 Å². The van der Waals surface area contributed by atoms with Crippen LogP contribution in [0.4, 0.5) is 0 Å². The standard InChI is InChI=1S/C16H24N2O4/c1-20-12-11-17-7-9-18(10-8-17)16(19)13-22-15-6-4-3-5-14(15)21-2/h3-6H,7-13H2,1-2H3. The fraction of sp³-hybridized carbons (Fsp3) is 0.562. The van der Waals surface area contributed by atoms with Crippen molar-refractivity contribution in [3.8, 4) is 11.5 Å². The van der Waals surface area contributed by atoms with Gasteiger partial charge in [0.05, 0.1) is 13.7 Å². The van der Waals surface area contributed by atoms with Crippen molar-refractivity contribution in [1.29, 1.82) is 0 Å². The van der Waals surface area contributed by atoms with E-state index in [9.17, 15) is 4.79 Å². The van der Waals surface area contributed by atoms with Gasteiger partial charge in [-0.2, -0.15) is 0 Å². The Bertz CT molecular complexity index is 473. The summed E-state index contributed by atoms with van der Waals surface area (Å²) in [6.45, 7) is 4.91. The van der Waals surface area contributed by atoms with Gasteiger partial charge in [-0.15, -0.1) is 0 Å². The van der Waals surface area contributed by atoms with Crippen LogP contribution in [0.25, 0.3) is 0 Å². The minimum Gasteiger partial charge on any atom is -0.493 e. The number of methoxy groups -OCH3 is 2. The molecule has 2 rings (SSSR count). The Balaban J connectivity index is 1.76. The first-order valence-electron chi connectivity index (χ1n) is 7.49. The lowest BCUT2D eigenvalue weighted by Gasteiger charge is -2.34. The number of amides is 1. The third-order valence-corrected chi connectivity index (χ3v) is 3.76. The smallest absolute Gasteiger partial charge is 0.260 e. The maximum absolute atomic E-state index is 12.2. The molecule has 0 N–H and O–H groups in total. The molecule has 6 heteroatoms. The zero-order chi connectivity index (χ0) is 15.8. The Labute approximate surface area is 131 Å². The fourth-order valence-electron chi connectivity index (χ4n) is 2.41. The molecule has 0 aliphatic carbocycles. The van der Waals surface area contributed by atoms with E-state index < -0.39 is 0 Å². The SMILES string of the molecule is COCCN1CCN(C(=O)COc2ccccc2OC)CC1. The maximum atomic E-state index is 12.2. The van der Waals surface area contributed by atoms with Crippen molar-refractivity contribution in [2.45, 2.75) is 0 Å². The highest BCUT2D eigenvalue weighted by molar-refractivity contribution is 5.78. The van der Waals surface area contributed by atoms with Gasteiger partial charge >= 0.3 is 0 Å². The average molecular weight is 308 g/mol. The highest BCUT2D eigenvalue weighted by atomic mass is 16.5. The summed E-state index contributed by atoms with van der Waals surface area (Å²) in [4.78, 5) is 16.4. The number of carbonyl (C=O) groups excluding carboxylic acids is 1. The third-order valence-electron chi connectivity index (χ3n) is 3.76. The number of hydrogen-bond donors (Lipinski definition) is 0. The van der Waals surface area contributed by atoms with Crippen molar-refractivity contribution >= 4 is 5.91 Å². The van der Waals surface area contributed by atoms with Gasteiger partial charge in [-0.3, -0.25) is 9.69 Å². The van der Waals surface area contributed by atoms with Crippen molar-refractivity contribution < 1.29 is 19.0 Å². The van der Waals surface area contributed by atoms with E-state index in [1.54, 1.807) is 20.3 Å². The fourth-order valence-corrected chi connectivity index (χ4v) is 2.41. The van der Waals surface area contributed by atoms with E-state index >= 15 is 0 Å². The highest BCUT2D eigenvalue weighted by Crippen LogP contribution is 2.25. The first kappa shape index (κ1) is 16.6. The molecule has 1 fully saturated rings. The monoisotopic (exact) mass is 308 g/mol. The first-order chi connectivity index (χ1) is 10.7. The van der Waals surface area contributed by atoms with Crippen LogP contribution in [0.5, 0.6) is 11.5 Å². The number of hydrogen-bond acceptors (Lipinski definition) is 5. The largest absolute Gasteiger partial charge is 0.493 e. The summed E-state index contributed by atoms with van der Waals surface area (Å²) >= 11 is 0. The second kappa shape index (κ2) is 8.60. The normalized spacial score (nSPS) is 15.6. The van der Waals surface area contributed by atoms with E-state index in [-0.39, 0.29) is 12.5 Å². The van der Waals surface area contributed by atoms with Crippen LogP contribution in [0.1, 0.15) is 0 Å². The van der Waals surface area contributed by atoms with Crippen molar-refractivity contribution in [1.82, 2.24) is 9.80 Å². The molecule has 0 unspecified atom stereocenters. The zero-order valence-corrected chi connectivity index (χ0v) is 13.3. The number of ether oxygens (including phenoxy) is 3. The van der Waals surface area contributed by atoms with Gasteiger partial charge in [0.15, 0.2) is 18.1 Å². The van der Waals surface area contributed by atoms with Crippen LogP contribution < -0.4 is 9.47 Å². The molecule has 0 spiro atoms. The summed E-state index contributed by atoms with van der Waals surface area (Å²) in [6.07, 6.45) is 0. The van der Waals surface area contributed by atoms with E-state index in [1.807, 2.05) is 23.1 Å². The van der Waals surface area contributed by atoms with E-state index in [2.05, 4.69) is 4.90 Å². The Kier molecular flexibility index (Phi) is 6.48. The lowest BCUT2D eigenvalue weighted by Crippen LogP contribution is -2.50. The van der Waals surface area contributed by atoms with Gasteiger partial charge in [0.25, 0.3) is 5.91 Å². The molecular formula is C16H24N2O4. The van der Waals surface area contributed by atoms with Gasteiger partial charge in [-0.25, -0.2) is 0 Å². The van der Waals surface area contributed by atoms with Crippen molar-refractivity contribution in [3.05, 3.63) is 24.3 Å². The Morgan fingerprint density at radius 3 is 2.41 bits per heavy atom. The van der Waals surface area contributed by atoms with Crippen LogP contribution in [0, 0.1) is 0 Å². The second-order valence-corrected chi connectivity index (χ2v) is 5.15. The minimum absolute atomic E-state index is 0.0114. The van der Waals surface area contributed by atoms with Crippen molar-refractivity contribution in [3.63, 3.8) is 0 Å². The first-order valence-corrected chi connectivity index (χ1v) is 7.49. The third kappa shape index (κ3) is 4.61.